The number of nitrogens with zero attached hydrogens (tertiary/aromatic N) is 1. The Morgan fingerprint density at radius 3 is 1.93 bits per heavy atom. The maximum Gasteiger partial charge on any atom is 0.341 e. The van der Waals surface area contributed by atoms with E-state index in [9.17, 15) is 0 Å². The molecule has 0 amide bonds. The monoisotopic (exact) mass is 271 g/mol. The average Bonchev–Trinajstić information content (AvgIpc) is 2.17. The molecule has 0 atom stereocenters. The molecule has 0 aliphatic carbocycles. The number of fused-ring (bicyclic) bond motifs is 3. The summed E-state index contributed by atoms with van der Waals surface area (Å²) in [6, 6.07) is -1.54. The standard InChI is InChI=1S/C9H16Cl3NSi/c10-14(11,12)8-4-9-1-5-13(6-2-9)7-3-9/h1-8H2. The van der Waals surface area contributed by atoms with Crippen LogP contribution >= 0.6 is 33.2 Å². The van der Waals surface area contributed by atoms with Gasteiger partial charge >= 0.3 is 6.00 Å². The van der Waals surface area contributed by atoms with E-state index in [0.717, 1.165) is 12.5 Å². The first-order valence-corrected chi connectivity index (χ1v) is 10.5. The van der Waals surface area contributed by atoms with Gasteiger partial charge < -0.3 is 4.90 Å². The van der Waals surface area contributed by atoms with Crippen molar-refractivity contribution in [3.8, 4) is 0 Å². The minimum absolute atomic E-state index is 0.533. The van der Waals surface area contributed by atoms with E-state index in [4.69, 9.17) is 33.2 Å². The van der Waals surface area contributed by atoms with Gasteiger partial charge in [0.25, 0.3) is 0 Å². The first-order chi connectivity index (χ1) is 6.49. The normalized spacial score (nSPS) is 37.5. The van der Waals surface area contributed by atoms with Gasteiger partial charge in [-0.2, -0.15) is 0 Å². The number of rotatable bonds is 3. The van der Waals surface area contributed by atoms with Crippen LogP contribution in [0, 0.1) is 5.41 Å². The molecule has 0 spiro atoms. The second kappa shape index (κ2) is 4.14. The third-order valence-corrected chi connectivity index (χ3v) is 6.33. The molecule has 0 aromatic heterocycles. The van der Waals surface area contributed by atoms with Crippen LogP contribution in [0.25, 0.3) is 0 Å². The van der Waals surface area contributed by atoms with Gasteiger partial charge in [-0.3, -0.25) is 0 Å². The highest BCUT2D eigenvalue weighted by atomic mass is 35.8. The van der Waals surface area contributed by atoms with Crippen LogP contribution in [0.3, 0.4) is 0 Å². The highest BCUT2D eigenvalue weighted by molar-refractivity contribution is 7.64. The Morgan fingerprint density at radius 1 is 1.00 bits per heavy atom. The van der Waals surface area contributed by atoms with Crippen LogP contribution in [0.15, 0.2) is 0 Å². The van der Waals surface area contributed by atoms with E-state index in [1.54, 1.807) is 0 Å². The van der Waals surface area contributed by atoms with Gasteiger partial charge in [0, 0.05) is 0 Å². The molecule has 0 radical (unpaired) electrons. The van der Waals surface area contributed by atoms with Crippen LogP contribution < -0.4 is 0 Å². The molecule has 0 aromatic rings. The van der Waals surface area contributed by atoms with Crippen molar-refractivity contribution >= 4 is 39.2 Å². The zero-order chi connectivity index (χ0) is 10.2. The molecule has 3 aliphatic rings. The van der Waals surface area contributed by atoms with Crippen LogP contribution in [0.1, 0.15) is 25.7 Å². The summed E-state index contributed by atoms with van der Waals surface area (Å²) < 4.78 is 0. The lowest BCUT2D eigenvalue weighted by Crippen LogP contribution is -2.48. The molecule has 0 saturated carbocycles. The molecule has 3 aliphatic heterocycles. The maximum absolute atomic E-state index is 5.94. The number of halogens is 3. The minimum atomic E-state index is -2.38. The molecule has 0 aromatic carbocycles. The highest BCUT2D eigenvalue weighted by Crippen LogP contribution is 2.46. The molecular formula is C9H16Cl3NSi. The Hall–Kier alpha value is 1.05. The second-order valence-electron chi connectivity index (χ2n) is 4.71. The van der Waals surface area contributed by atoms with Gasteiger partial charge in [0.15, 0.2) is 0 Å². The van der Waals surface area contributed by atoms with E-state index < -0.39 is 6.00 Å². The molecular weight excluding hydrogens is 257 g/mol. The lowest BCUT2D eigenvalue weighted by atomic mass is 9.70. The van der Waals surface area contributed by atoms with Gasteiger partial charge in [0.05, 0.1) is 0 Å². The Labute approximate surface area is 101 Å². The fraction of sp³-hybridized carbons (Fsp3) is 1.00. The fourth-order valence-corrected chi connectivity index (χ4v) is 4.34. The summed E-state index contributed by atoms with van der Waals surface area (Å²) in [5.41, 5.74) is 0.533. The molecule has 5 heteroatoms. The summed E-state index contributed by atoms with van der Waals surface area (Å²) >= 11 is 17.8. The molecule has 1 nitrogen and oxygen atoms in total. The van der Waals surface area contributed by atoms with Crippen molar-refractivity contribution in [2.75, 3.05) is 19.6 Å². The molecule has 14 heavy (non-hydrogen) atoms. The fourth-order valence-electron chi connectivity index (χ4n) is 2.68. The predicted molar refractivity (Wildman–Crippen MR) is 65.5 cm³/mol. The summed E-state index contributed by atoms with van der Waals surface area (Å²) in [6.07, 6.45) is 5.11. The van der Waals surface area contributed by atoms with E-state index in [0.29, 0.717) is 5.41 Å². The van der Waals surface area contributed by atoms with Gasteiger partial charge in [-0.1, -0.05) is 0 Å². The van der Waals surface area contributed by atoms with Gasteiger partial charge in [-0.15, -0.1) is 33.2 Å². The van der Waals surface area contributed by atoms with Crippen molar-refractivity contribution in [1.29, 1.82) is 0 Å². The van der Waals surface area contributed by atoms with Gasteiger partial charge in [0.1, 0.15) is 0 Å². The maximum atomic E-state index is 5.94. The zero-order valence-corrected chi connectivity index (χ0v) is 11.5. The molecule has 82 valence electrons. The zero-order valence-electron chi connectivity index (χ0n) is 8.24. The molecule has 3 heterocycles. The van der Waals surface area contributed by atoms with E-state index in [1.165, 1.54) is 38.9 Å². The summed E-state index contributed by atoms with van der Waals surface area (Å²) in [4.78, 5) is 2.55. The summed E-state index contributed by atoms with van der Waals surface area (Å²) in [5, 5.41) is 0. The molecule has 0 unspecified atom stereocenters. The van der Waals surface area contributed by atoms with E-state index in [1.807, 2.05) is 0 Å². The van der Waals surface area contributed by atoms with Crippen molar-refractivity contribution in [1.82, 2.24) is 4.90 Å². The third-order valence-electron chi connectivity index (χ3n) is 3.81. The van der Waals surface area contributed by atoms with Crippen LogP contribution in [0.5, 0.6) is 0 Å². The van der Waals surface area contributed by atoms with Crippen LogP contribution in [0.4, 0.5) is 0 Å². The number of piperidine rings is 3. The van der Waals surface area contributed by atoms with E-state index in [2.05, 4.69) is 4.90 Å². The van der Waals surface area contributed by atoms with Gasteiger partial charge in [0.2, 0.25) is 0 Å². The van der Waals surface area contributed by atoms with Crippen molar-refractivity contribution in [2.24, 2.45) is 5.41 Å². The Balaban J connectivity index is 1.89. The largest absolute Gasteiger partial charge is 0.341 e. The molecule has 3 fully saturated rings. The predicted octanol–water partition coefficient (Wildman–Crippen LogP) is 3.52. The first-order valence-electron chi connectivity index (χ1n) is 5.28. The van der Waals surface area contributed by atoms with Crippen molar-refractivity contribution < 1.29 is 0 Å². The van der Waals surface area contributed by atoms with Crippen LogP contribution in [-0.2, 0) is 0 Å². The third kappa shape index (κ3) is 2.79. The second-order valence-corrected chi connectivity index (χ2v) is 14.0. The Kier molecular flexibility index (Phi) is 3.41. The topological polar surface area (TPSA) is 3.24 Å². The minimum Gasteiger partial charge on any atom is -0.303 e. The number of hydrogen-bond donors (Lipinski definition) is 0. The van der Waals surface area contributed by atoms with Crippen LogP contribution in [-0.4, -0.2) is 30.5 Å². The van der Waals surface area contributed by atoms with E-state index in [-0.39, 0.29) is 0 Å². The molecule has 0 N–H and O–H groups in total. The Bertz CT molecular complexity index is 195. The average molecular weight is 273 g/mol. The highest BCUT2D eigenvalue weighted by Gasteiger charge is 2.40. The van der Waals surface area contributed by atoms with E-state index >= 15 is 0 Å². The summed E-state index contributed by atoms with van der Waals surface area (Å²) in [6.45, 7) is 3.80. The molecule has 3 rings (SSSR count). The quantitative estimate of drug-likeness (QED) is 0.561. The van der Waals surface area contributed by atoms with Gasteiger partial charge in [-0.25, -0.2) is 0 Å². The Morgan fingerprint density at radius 2 is 1.50 bits per heavy atom. The van der Waals surface area contributed by atoms with Crippen molar-refractivity contribution in [2.45, 2.75) is 31.7 Å². The molecule has 2 bridgehead atoms. The SMILES string of the molecule is Cl[Si](Cl)(Cl)CCC12CCN(CC1)CC2. The van der Waals surface area contributed by atoms with Gasteiger partial charge in [-0.05, 0) is 56.8 Å². The summed E-state index contributed by atoms with van der Waals surface area (Å²) in [5.74, 6) is 0. The van der Waals surface area contributed by atoms with Crippen molar-refractivity contribution in [3.63, 3.8) is 0 Å². The smallest absolute Gasteiger partial charge is 0.303 e. The lowest BCUT2D eigenvalue weighted by molar-refractivity contribution is 0.0235. The summed E-state index contributed by atoms with van der Waals surface area (Å²) in [7, 11) is 0. The number of hydrogen-bond acceptors (Lipinski definition) is 1. The first kappa shape index (κ1) is 11.5. The van der Waals surface area contributed by atoms with Crippen molar-refractivity contribution in [3.05, 3.63) is 0 Å². The molecule has 3 saturated heterocycles. The lowest BCUT2D eigenvalue weighted by Gasteiger charge is -2.49. The van der Waals surface area contributed by atoms with Crippen LogP contribution in [0.2, 0.25) is 6.04 Å².